The quantitative estimate of drug-likeness (QED) is 0.850. The highest BCUT2D eigenvalue weighted by Crippen LogP contribution is 2.47. The molecule has 88 valence electrons. The van der Waals surface area contributed by atoms with Crippen LogP contribution in [0.4, 0.5) is 0 Å². The van der Waals surface area contributed by atoms with Gasteiger partial charge in [0.1, 0.15) is 0 Å². The van der Waals surface area contributed by atoms with E-state index in [1.807, 2.05) is 6.07 Å². The van der Waals surface area contributed by atoms with Gasteiger partial charge in [-0.2, -0.15) is 0 Å². The fraction of sp³-hybridized carbons (Fsp3) is 0.545. The van der Waals surface area contributed by atoms with Crippen LogP contribution in [0.5, 0.6) is 0 Å². The second kappa shape index (κ2) is 4.78. The third-order valence-corrected chi connectivity index (χ3v) is 5.57. The van der Waals surface area contributed by atoms with Crippen LogP contribution in [-0.4, -0.2) is 12.5 Å². The molecule has 0 bridgehead atoms. The Kier molecular flexibility index (Phi) is 3.76. The lowest BCUT2D eigenvalue weighted by Gasteiger charge is -2.12. The molecule has 0 radical (unpaired) electrons. The Balaban J connectivity index is 1.96. The molecule has 0 atom stereocenters. The van der Waals surface area contributed by atoms with Crippen molar-refractivity contribution in [3.63, 3.8) is 0 Å². The molecule has 0 saturated heterocycles. The third-order valence-electron chi connectivity index (χ3n) is 3.23. The molecule has 0 aromatic carbocycles. The summed E-state index contributed by atoms with van der Waals surface area (Å²) in [4.78, 5) is 11.9. The summed E-state index contributed by atoms with van der Waals surface area (Å²) in [5.74, 6) is 0.0218. The predicted molar refractivity (Wildman–Crippen MR) is 74.0 cm³/mol. The molecule has 1 amide bonds. The summed E-state index contributed by atoms with van der Waals surface area (Å²) < 4.78 is 1.86. The number of halogens is 2. The largest absolute Gasteiger partial charge is 0.351 e. The van der Waals surface area contributed by atoms with Gasteiger partial charge in [0.25, 0.3) is 5.91 Å². The monoisotopic (exact) mass is 365 g/mol. The molecule has 1 aromatic heterocycles. The summed E-state index contributed by atoms with van der Waals surface area (Å²) in [6.45, 7) is 3.00. The van der Waals surface area contributed by atoms with Gasteiger partial charge in [-0.3, -0.25) is 4.79 Å². The van der Waals surface area contributed by atoms with Crippen LogP contribution in [0.15, 0.2) is 13.6 Å². The number of carbonyl (C=O) groups excluding carboxylic acids is 1. The van der Waals surface area contributed by atoms with Gasteiger partial charge in [0.15, 0.2) is 0 Å². The van der Waals surface area contributed by atoms with E-state index in [2.05, 4.69) is 44.1 Å². The first-order valence-electron chi connectivity index (χ1n) is 5.29. The van der Waals surface area contributed by atoms with Crippen molar-refractivity contribution < 1.29 is 4.79 Å². The molecule has 16 heavy (non-hydrogen) atoms. The minimum Gasteiger partial charge on any atom is -0.351 e. The molecule has 1 N–H and O–H groups in total. The fourth-order valence-corrected chi connectivity index (χ4v) is 4.48. The van der Waals surface area contributed by atoms with Crippen molar-refractivity contribution >= 4 is 49.1 Å². The summed E-state index contributed by atoms with van der Waals surface area (Å²) in [6.07, 6.45) is 3.65. The topological polar surface area (TPSA) is 29.1 Å². The zero-order chi connectivity index (χ0) is 11.8. The van der Waals surface area contributed by atoms with Crippen LogP contribution in [-0.2, 0) is 0 Å². The number of hydrogen-bond acceptors (Lipinski definition) is 2. The molecule has 1 aromatic rings. The predicted octanol–water partition coefficient (Wildman–Crippen LogP) is 4.19. The maximum Gasteiger partial charge on any atom is 0.253 e. The van der Waals surface area contributed by atoms with Crippen LogP contribution >= 0.6 is 43.2 Å². The van der Waals surface area contributed by atoms with Crippen LogP contribution < -0.4 is 5.32 Å². The molecule has 0 aliphatic heterocycles. The van der Waals surface area contributed by atoms with Crippen LogP contribution in [0.3, 0.4) is 0 Å². The molecular formula is C11H13Br2NOS. The van der Waals surface area contributed by atoms with Crippen molar-refractivity contribution in [1.82, 2.24) is 5.32 Å². The third kappa shape index (κ3) is 2.68. The summed E-state index contributed by atoms with van der Waals surface area (Å²) >= 11 is 8.30. The zero-order valence-corrected chi connectivity index (χ0v) is 13.0. The number of amides is 1. The van der Waals surface area contributed by atoms with Gasteiger partial charge in [-0.15, -0.1) is 11.3 Å². The number of hydrogen-bond donors (Lipinski definition) is 1. The van der Waals surface area contributed by atoms with Gasteiger partial charge in [-0.05, 0) is 62.6 Å². The molecule has 0 spiro atoms. The average Bonchev–Trinajstić information content (AvgIpc) is 2.96. The molecule has 2 nitrogen and oxygen atoms in total. The Hall–Kier alpha value is 0.130. The van der Waals surface area contributed by atoms with Crippen molar-refractivity contribution in [2.45, 2.75) is 26.2 Å². The van der Waals surface area contributed by atoms with E-state index in [4.69, 9.17) is 0 Å². The summed E-state index contributed by atoms with van der Waals surface area (Å²) in [5.41, 5.74) is 1.12. The van der Waals surface area contributed by atoms with Crippen LogP contribution in [0, 0.1) is 5.41 Å². The molecule has 1 fully saturated rings. The number of nitrogens with one attached hydrogen (secondary N) is 1. The molecular weight excluding hydrogens is 354 g/mol. The first-order valence-corrected chi connectivity index (χ1v) is 7.70. The highest BCUT2D eigenvalue weighted by molar-refractivity contribution is 9.12. The minimum atomic E-state index is 0.0218. The van der Waals surface area contributed by atoms with Gasteiger partial charge < -0.3 is 5.32 Å². The first-order chi connectivity index (χ1) is 7.56. The first kappa shape index (κ1) is 12.6. The highest BCUT2D eigenvalue weighted by Gasteiger charge is 2.40. The van der Waals surface area contributed by atoms with Crippen LogP contribution in [0.2, 0.25) is 0 Å². The van der Waals surface area contributed by atoms with Gasteiger partial charge in [0, 0.05) is 6.54 Å². The second-order valence-electron chi connectivity index (χ2n) is 4.27. The Morgan fingerprint density at radius 3 is 2.69 bits per heavy atom. The summed E-state index contributed by atoms with van der Waals surface area (Å²) in [6, 6.07) is 1.86. The fourth-order valence-electron chi connectivity index (χ4n) is 1.69. The van der Waals surface area contributed by atoms with E-state index >= 15 is 0 Å². The SMILES string of the molecule is CCC1(CNC(=O)c2cc(Br)sc2Br)CC1. The normalized spacial score (nSPS) is 17.2. The van der Waals surface area contributed by atoms with E-state index in [0.717, 1.165) is 26.1 Å². The number of rotatable bonds is 4. The molecule has 1 saturated carbocycles. The molecule has 5 heteroatoms. The maximum absolute atomic E-state index is 11.9. The number of thiophene rings is 1. The maximum atomic E-state index is 11.9. The average molecular weight is 367 g/mol. The van der Waals surface area contributed by atoms with Crippen molar-refractivity contribution in [3.05, 3.63) is 19.2 Å². The Morgan fingerprint density at radius 2 is 2.25 bits per heavy atom. The van der Waals surface area contributed by atoms with E-state index in [1.54, 1.807) is 0 Å². The molecule has 2 rings (SSSR count). The molecule has 0 unspecified atom stereocenters. The summed E-state index contributed by atoms with van der Waals surface area (Å²) in [7, 11) is 0. The lowest BCUT2D eigenvalue weighted by Crippen LogP contribution is -2.29. The van der Waals surface area contributed by atoms with Crippen LogP contribution in [0.25, 0.3) is 0 Å². The zero-order valence-electron chi connectivity index (χ0n) is 8.98. The van der Waals surface area contributed by atoms with Crippen molar-refractivity contribution in [1.29, 1.82) is 0 Å². The van der Waals surface area contributed by atoms with Gasteiger partial charge >= 0.3 is 0 Å². The van der Waals surface area contributed by atoms with E-state index in [1.165, 1.54) is 24.2 Å². The van der Waals surface area contributed by atoms with Gasteiger partial charge in [0.2, 0.25) is 0 Å². The highest BCUT2D eigenvalue weighted by atomic mass is 79.9. The Labute approximate surface area is 116 Å². The second-order valence-corrected chi connectivity index (χ2v) is 8.02. The van der Waals surface area contributed by atoms with E-state index in [-0.39, 0.29) is 5.91 Å². The molecule has 1 aliphatic carbocycles. The standard InChI is InChI=1S/C11H13Br2NOS/c1-2-11(3-4-11)6-14-10(15)7-5-8(12)16-9(7)13/h5H,2-4,6H2,1H3,(H,14,15). The van der Waals surface area contributed by atoms with E-state index in [9.17, 15) is 4.79 Å². The number of carbonyl (C=O) groups is 1. The summed E-state index contributed by atoms with van der Waals surface area (Å²) in [5, 5.41) is 3.02. The van der Waals surface area contributed by atoms with Crippen LogP contribution in [0.1, 0.15) is 36.5 Å². The van der Waals surface area contributed by atoms with Crippen molar-refractivity contribution in [3.8, 4) is 0 Å². The van der Waals surface area contributed by atoms with Gasteiger partial charge in [-0.25, -0.2) is 0 Å². The van der Waals surface area contributed by atoms with Crippen molar-refractivity contribution in [2.75, 3.05) is 6.54 Å². The lowest BCUT2D eigenvalue weighted by atomic mass is 10.0. The van der Waals surface area contributed by atoms with E-state index < -0.39 is 0 Å². The molecule has 1 heterocycles. The Morgan fingerprint density at radius 1 is 1.56 bits per heavy atom. The van der Waals surface area contributed by atoms with Gasteiger partial charge in [0.05, 0.1) is 13.1 Å². The molecule has 1 aliphatic rings. The smallest absolute Gasteiger partial charge is 0.253 e. The minimum absolute atomic E-state index is 0.0218. The van der Waals surface area contributed by atoms with Gasteiger partial charge in [-0.1, -0.05) is 6.92 Å². The Bertz CT molecular complexity index is 412. The lowest BCUT2D eigenvalue weighted by molar-refractivity contribution is 0.0944. The van der Waals surface area contributed by atoms with Crippen molar-refractivity contribution in [2.24, 2.45) is 5.41 Å². The van der Waals surface area contributed by atoms with E-state index in [0.29, 0.717) is 5.41 Å².